The van der Waals surface area contributed by atoms with Gasteiger partial charge in [0.05, 0.1) is 19.1 Å². The Morgan fingerprint density at radius 1 is 1.18 bits per heavy atom. The molecule has 1 amide bonds. The minimum Gasteiger partial charge on any atom is -0.493 e. The number of amides is 1. The molecule has 3 fully saturated rings. The molecule has 8 heteroatoms. The van der Waals surface area contributed by atoms with Crippen molar-refractivity contribution in [1.29, 1.82) is 0 Å². The molecule has 9 rings (SSSR count). The maximum atomic E-state index is 14.0. The first-order valence-corrected chi connectivity index (χ1v) is 14.0. The molecule has 198 valence electrons. The van der Waals surface area contributed by atoms with Crippen molar-refractivity contribution in [3.05, 3.63) is 59.2 Å². The van der Waals surface area contributed by atoms with E-state index in [4.69, 9.17) is 14.2 Å². The zero-order chi connectivity index (χ0) is 25.7. The second-order valence-corrected chi connectivity index (χ2v) is 12.0. The van der Waals surface area contributed by atoms with E-state index in [0.29, 0.717) is 17.4 Å². The number of hydrogen-bond donors (Lipinski definition) is 1. The maximum absolute atomic E-state index is 14.0. The van der Waals surface area contributed by atoms with Crippen LogP contribution in [0.2, 0.25) is 0 Å². The lowest BCUT2D eigenvalue weighted by atomic mass is 9.37. The van der Waals surface area contributed by atoms with Gasteiger partial charge in [0.1, 0.15) is 17.5 Å². The van der Waals surface area contributed by atoms with Crippen LogP contribution in [0.4, 0.5) is 0 Å². The van der Waals surface area contributed by atoms with Crippen LogP contribution in [0.15, 0.2) is 42.2 Å². The monoisotopic (exact) mass is 514 g/mol. The Hall–Kier alpha value is -2.97. The van der Waals surface area contributed by atoms with Crippen molar-refractivity contribution in [3.63, 3.8) is 0 Å². The summed E-state index contributed by atoms with van der Waals surface area (Å²) in [6, 6.07) is 6.43. The van der Waals surface area contributed by atoms with E-state index in [-0.39, 0.29) is 29.4 Å². The summed E-state index contributed by atoms with van der Waals surface area (Å²) in [6.07, 6.45) is 11.8. The summed E-state index contributed by atoms with van der Waals surface area (Å²) in [7, 11) is 3.45. The number of piperidine rings is 1. The minimum atomic E-state index is -0.828. The molecule has 1 N–H and O–H groups in total. The van der Waals surface area contributed by atoms with Crippen molar-refractivity contribution in [2.45, 2.75) is 68.2 Å². The predicted octanol–water partition coefficient (Wildman–Crippen LogP) is 2.95. The highest BCUT2D eigenvalue weighted by Crippen LogP contribution is 2.74. The lowest BCUT2D eigenvalue weighted by molar-refractivity contribution is -0.196. The standard InChI is InChI=1S/C30H34N4O4/c1-36-21-7-6-19-14-22-28-8-9-30(37-2,20(15-28)26(35)33-16-23-31-11-3-12-32-23)27-29(28,24(19)25(21)38-27)10-13-34(22)17-18-4-5-18/h3,6-7,11-12,15,18,22,27H,4-5,8-10,13-14,16-17H2,1-2H3,(H,33,35)/t22-,27-,28-,29+,30-/m1/s1. The Morgan fingerprint density at radius 2 is 2.03 bits per heavy atom. The van der Waals surface area contributed by atoms with Crippen molar-refractivity contribution in [2.24, 2.45) is 11.3 Å². The molecule has 0 radical (unpaired) electrons. The van der Waals surface area contributed by atoms with Crippen LogP contribution in [0.1, 0.15) is 49.1 Å². The number of carbonyl (C=O) groups is 1. The van der Waals surface area contributed by atoms with Crippen molar-refractivity contribution >= 4 is 5.91 Å². The molecule has 5 aliphatic carbocycles. The molecule has 2 saturated carbocycles. The van der Waals surface area contributed by atoms with Crippen LogP contribution in [0.3, 0.4) is 0 Å². The number of nitrogens with one attached hydrogen (secondary N) is 1. The van der Waals surface area contributed by atoms with Gasteiger partial charge in [-0.25, -0.2) is 9.97 Å². The van der Waals surface area contributed by atoms with Gasteiger partial charge in [0.25, 0.3) is 0 Å². The summed E-state index contributed by atoms with van der Waals surface area (Å²) >= 11 is 0. The molecular weight excluding hydrogens is 480 g/mol. The Bertz CT molecular complexity index is 1360. The van der Waals surface area contributed by atoms with Gasteiger partial charge in [-0.3, -0.25) is 9.69 Å². The average Bonchev–Trinajstić information content (AvgIpc) is 3.70. The molecule has 2 aliphatic heterocycles. The number of hydrogen-bond acceptors (Lipinski definition) is 7. The van der Waals surface area contributed by atoms with Gasteiger partial charge in [0, 0.05) is 48.6 Å². The maximum Gasteiger partial charge on any atom is 0.250 e. The minimum absolute atomic E-state index is 0.114. The number of carbonyl (C=O) groups excluding carboxylic acids is 1. The second-order valence-electron chi connectivity index (χ2n) is 12.0. The van der Waals surface area contributed by atoms with Gasteiger partial charge in [-0.2, -0.15) is 0 Å². The molecule has 1 aromatic heterocycles. The third kappa shape index (κ3) is 2.70. The summed E-state index contributed by atoms with van der Waals surface area (Å²) in [4.78, 5) is 25.3. The first-order valence-electron chi connectivity index (χ1n) is 14.0. The van der Waals surface area contributed by atoms with E-state index < -0.39 is 5.60 Å². The fraction of sp³-hybridized carbons (Fsp3) is 0.567. The second kappa shape index (κ2) is 7.79. The van der Waals surface area contributed by atoms with Crippen LogP contribution in [-0.2, 0) is 27.9 Å². The largest absolute Gasteiger partial charge is 0.493 e. The predicted molar refractivity (Wildman–Crippen MR) is 139 cm³/mol. The van der Waals surface area contributed by atoms with Crippen LogP contribution < -0.4 is 14.8 Å². The Labute approximate surface area is 222 Å². The van der Waals surface area contributed by atoms with Gasteiger partial charge in [-0.05, 0) is 68.7 Å². The summed E-state index contributed by atoms with van der Waals surface area (Å²) in [6.45, 7) is 2.48. The fourth-order valence-corrected chi connectivity index (χ4v) is 8.94. The molecule has 2 spiro atoms. The number of aromatic nitrogens is 2. The molecule has 3 heterocycles. The smallest absolute Gasteiger partial charge is 0.250 e. The topological polar surface area (TPSA) is 85.8 Å². The van der Waals surface area contributed by atoms with Gasteiger partial charge >= 0.3 is 0 Å². The molecule has 38 heavy (non-hydrogen) atoms. The van der Waals surface area contributed by atoms with E-state index in [9.17, 15) is 4.79 Å². The highest BCUT2D eigenvalue weighted by atomic mass is 16.6. The molecule has 0 unspecified atom stereocenters. The average molecular weight is 515 g/mol. The normalized spacial score (nSPS) is 35.8. The van der Waals surface area contributed by atoms with Crippen molar-refractivity contribution < 1.29 is 19.0 Å². The lowest BCUT2D eigenvalue weighted by Gasteiger charge is -2.70. The third-order valence-corrected chi connectivity index (χ3v) is 10.6. The lowest BCUT2D eigenvalue weighted by Crippen LogP contribution is -2.78. The summed E-state index contributed by atoms with van der Waals surface area (Å²) in [5.41, 5.74) is 2.15. The SMILES string of the molecule is COc1ccc2c3c1O[C@@H]1[C@]34CCN(CC3CC3)[C@H](C2)[C@@]42C=C(C(=O)NCc3ncccn3)[C@]1(OC)CC2. The van der Waals surface area contributed by atoms with E-state index in [2.05, 4.69) is 38.4 Å². The van der Waals surface area contributed by atoms with E-state index in [1.54, 1.807) is 32.7 Å². The Balaban J connectivity index is 1.29. The van der Waals surface area contributed by atoms with E-state index in [1.165, 1.54) is 24.0 Å². The molecule has 1 aromatic carbocycles. The van der Waals surface area contributed by atoms with Crippen LogP contribution in [0.25, 0.3) is 0 Å². The molecule has 2 aromatic rings. The first-order chi connectivity index (χ1) is 18.6. The highest BCUT2D eigenvalue weighted by molar-refractivity contribution is 5.97. The van der Waals surface area contributed by atoms with Crippen LogP contribution in [0.5, 0.6) is 11.5 Å². The fourth-order valence-electron chi connectivity index (χ4n) is 8.94. The molecule has 8 nitrogen and oxygen atoms in total. The van der Waals surface area contributed by atoms with Crippen LogP contribution >= 0.6 is 0 Å². The Morgan fingerprint density at radius 3 is 2.79 bits per heavy atom. The van der Waals surface area contributed by atoms with Gasteiger partial charge in [-0.15, -0.1) is 0 Å². The summed E-state index contributed by atoms with van der Waals surface area (Å²) in [5, 5.41) is 3.10. The molecule has 1 saturated heterocycles. The van der Waals surface area contributed by atoms with E-state index in [1.807, 2.05) is 0 Å². The van der Waals surface area contributed by atoms with E-state index in [0.717, 1.165) is 56.2 Å². The first kappa shape index (κ1) is 23.0. The summed E-state index contributed by atoms with van der Waals surface area (Å²) < 4.78 is 19.2. The van der Waals surface area contributed by atoms with Crippen molar-refractivity contribution in [2.75, 3.05) is 27.3 Å². The zero-order valence-corrected chi connectivity index (χ0v) is 22.0. The molecule has 4 bridgehead atoms. The number of methoxy groups -OCH3 is 2. The van der Waals surface area contributed by atoms with Gasteiger partial charge in [0.2, 0.25) is 5.91 Å². The number of benzene rings is 1. The number of fused-ring (bicyclic) bond motifs is 1. The Kier molecular flexibility index (Phi) is 4.71. The molecule has 5 atom stereocenters. The van der Waals surface area contributed by atoms with Crippen molar-refractivity contribution in [1.82, 2.24) is 20.2 Å². The van der Waals surface area contributed by atoms with Crippen molar-refractivity contribution in [3.8, 4) is 11.5 Å². The van der Waals surface area contributed by atoms with Crippen LogP contribution in [-0.4, -0.2) is 65.8 Å². The highest BCUT2D eigenvalue weighted by Gasteiger charge is 2.79. The van der Waals surface area contributed by atoms with Gasteiger partial charge in [0.15, 0.2) is 11.5 Å². The number of rotatable bonds is 7. The quantitative estimate of drug-likeness (QED) is 0.608. The molecule has 7 aliphatic rings. The summed E-state index contributed by atoms with van der Waals surface area (Å²) in [5.74, 6) is 2.93. The van der Waals surface area contributed by atoms with Gasteiger partial charge in [-0.1, -0.05) is 12.1 Å². The van der Waals surface area contributed by atoms with Crippen LogP contribution in [0, 0.1) is 11.3 Å². The number of likely N-dealkylation sites (tertiary alicyclic amines) is 1. The van der Waals surface area contributed by atoms with E-state index >= 15 is 0 Å². The zero-order valence-electron chi connectivity index (χ0n) is 22.0. The number of ether oxygens (including phenoxy) is 3. The third-order valence-electron chi connectivity index (χ3n) is 10.6. The van der Waals surface area contributed by atoms with Gasteiger partial charge < -0.3 is 19.5 Å². The molecular formula is C30H34N4O4. The number of nitrogens with zero attached hydrogens (tertiary/aromatic N) is 3.